The van der Waals surface area contributed by atoms with Gasteiger partial charge in [-0.05, 0) is 42.9 Å². The van der Waals surface area contributed by atoms with E-state index in [4.69, 9.17) is 9.84 Å². The van der Waals surface area contributed by atoms with E-state index in [1.807, 2.05) is 17.0 Å². The summed E-state index contributed by atoms with van der Waals surface area (Å²) in [6.07, 6.45) is 2.70. The quantitative estimate of drug-likeness (QED) is 0.790. The fourth-order valence-electron chi connectivity index (χ4n) is 4.31. The molecule has 4 rings (SSSR count). The van der Waals surface area contributed by atoms with E-state index >= 15 is 0 Å². The summed E-state index contributed by atoms with van der Waals surface area (Å²) in [5.41, 5.74) is 3.97. The number of rotatable bonds is 6. The molecule has 1 aliphatic carbocycles. The number of ether oxygens (including phenoxy) is 1. The number of carbonyl (C=O) groups is 1. The second kappa shape index (κ2) is 9.27. The number of benzene rings is 1. The van der Waals surface area contributed by atoms with Gasteiger partial charge in [0.15, 0.2) is 5.69 Å². The van der Waals surface area contributed by atoms with Crippen molar-refractivity contribution in [2.24, 2.45) is 5.92 Å². The molecule has 1 aromatic heterocycles. The third kappa shape index (κ3) is 4.73. The molecule has 2 heterocycles. The maximum atomic E-state index is 13.2. The van der Waals surface area contributed by atoms with Crippen LogP contribution in [0.15, 0.2) is 24.3 Å². The molecule has 0 spiro atoms. The van der Waals surface area contributed by atoms with Gasteiger partial charge < -0.3 is 15.0 Å². The lowest BCUT2D eigenvalue weighted by Gasteiger charge is -2.28. The topological polar surface area (TPSA) is 59.4 Å². The Morgan fingerprint density at radius 2 is 2.00 bits per heavy atom. The first-order valence-corrected chi connectivity index (χ1v) is 10.9. The molecule has 0 saturated carbocycles. The molecule has 0 bridgehead atoms. The van der Waals surface area contributed by atoms with Crippen molar-refractivity contribution in [1.82, 2.24) is 20.0 Å². The molecule has 2 aromatic rings. The lowest BCUT2D eigenvalue weighted by molar-refractivity contribution is 0.0297. The molecule has 162 valence electrons. The molecule has 7 heteroatoms. The predicted octanol–water partition coefficient (Wildman–Crippen LogP) is 2.80. The summed E-state index contributed by atoms with van der Waals surface area (Å²) in [5, 5.41) is 8.37. The average molecular weight is 415 g/mol. The van der Waals surface area contributed by atoms with Crippen LogP contribution in [0.25, 0.3) is 0 Å². The van der Waals surface area contributed by atoms with Crippen molar-refractivity contribution in [1.29, 1.82) is 0 Å². The Morgan fingerprint density at radius 1 is 1.27 bits per heavy atom. The van der Waals surface area contributed by atoms with Crippen LogP contribution in [0.2, 0.25) is 0 Å². The van der Waals surface area contributed by atoms with Crippen LogP contribution >= 0.6 is 0 Å². The zero-order chi connectivity index (χ0) is 21.1. The Kier molecular flexibility index (Phi) is 6.49. The largest absolute Gasteiger partial charge is 0.378 e. The highest BCUT2D eigenvalue weighted by atomic mass is 19.1. The van der Waals surface area contributed by atoms with Crippen LogP contribution < -0.4 is 5.32 Å². The number of hydrogen-bond acceptors (Lipinski definition) is 4. The van der Waals surface area contributed by atoms with E-state index in [0.717, 1.165) is 36.9 Å². The highest BCUT2D eigenvalue weighted by Gasteiger charge is 2.31. The average Bonchev–Trinajstić information content (AvgIpc) is 3.10. The van der Waals surface area contributed by atoms with Crippen LogP contribution in [0.4, 0.5) is 4.39 Å². The van der Waals surface area contributed by atoms with Crippen molar-refractivity contribution < 1.29 is 13.9 Å². The highest BCUT2D eigenvalue weighted by molar-refractivity contribution is 5.94. The molecule has 1 fully saturated rings. The molecule has 0 radical (unpaired) electrons. The second-order valence-corrected chi connectivity index (χ2v) is 8.70. The summed E-state index contributed by atoms with van der Waals surface area (Å²) in [6.45, 7) is 8.28. The van der Waals surface area contributed by atoms with Crippen molar-refractivity contribution in [2.45, 2.75) is 52.2 Å². The van der Waals surface area contributed by atoms with Gasteiger partial charge in [0.1, 0.15) is 5.82 Å². The number of carbonyl (C=O) groups excluding carboxylic acids is 1. The van der Waals surface area contributed by atoms with Gasteiger partial charge in [0.05, 0.1) is 13.2 Å². The lowest BCUT2D eigenvalue weighted by atomic mass is 9.90. The zero-order valence-electron chi connectivity index (χ0n) is 17.9. The first-order valence-electron chi connectivity index (χ1n) is 10.9. The number of nitrogens with one attached hydrogen (secondary N) is 1. The number of fused-ring (bicyclic) bond motifs is 1. The summed E-state index contributed by atoms with van der Waals surface area (Å²) < 4.78 is 20.6. The normalized spacial score (nSPS) is 19.2. The Balaban J connectivity index is 1.52. The van der Waals surface area contributed by atoms with Crippen LogP contribution in [-0.2, 0) is 30.7 Å². The van der Waals surface area contributed by atoms with E-state index in [1.54, 1.807) is 0 Å². The summed E-state index contributed by atoms with van der Waals surface area (Å²) >= 11 is 0. The van der Waals surface area contributed by atoms with Crippen molar-refractivity contribution in [3.8, 4) is 0 Å². The molecule has 30 heavy (non-hydrogen) atoms. The minimum absolute atomic E-state index is 0.0243. The van der Waals surface area contributed by atoms with Gasteiger partial charge in [0.2, 0.25) is 0 Å². The zero-order valence-corrected chi connectivity index (χ0v) is 17.9. The summed E-state index contributed by atoms with van der Waals surface area (Å²) in [5.74, 6) is 0.274. The molecule has 1 N–H and O–H groups in total. The Bertz CT molecular complexity index is 872. The maximum Gasteiger partial charge on any atom is 0.274 e. The van der Waals surface area contributed by atoms with Crippen LogP contribution in [0.5, 0.6) is 0 Å². The van der Waals surface area contributed by atoms with Gasteiger partial charge >= 0.3 is 0 Å². The number of aromatic nitrogens is 2. The summed E-state index contributed by atoms with van der Waals surface area (Å²) in [4.78, 5) is 15.1. The summed E-state index contributed by atoms with van der Waals surface area (Å²) in [7, 11) is 0. The molecule has 1 aliphatic heterocycles. The molecule has 1 unspecified atom stereocenters. The van der Waals surface area contributed by atoms with E-state index in [0.29, 0.717) is 44.5 Å². The third-order valence-corrected chi connectivity index (χ3v) is 5.89. The number of amides is 1. The minimum Gasteiger partial charge on any atom is -0.378 e. The first-order chi connectivity index (χ1) is 14.5. The van der Waals surface area contributed by atoms with Gasteiger partial charge in [-0.3, -0.25) is 9.48 Å². The maximum absolute atomic E-state index is 13.2. The number of morpholine rings is 1. The monoisotopic (exact) mass is 414 g/mol. The Labute approximate surface area is 177 Å². The fourth-order valence-corrected chi connectivity index (χ4v) is 4.31. The predicted molar refractivity (Wildman–Crippen MR) is 113 cm³/mol. The minimum atomic E-state index is -0.218. The van der Waals surface area contributed by atoms with Crippen molar-refractivity contribution in [2.75, 3.05) is 26.3 Å². The van der Waals surface area contributed by atoms with Crippen molar-refractivity contribution in [3.05, 3.63) is 52.6 Å². The van der Waals surface area contributed by atoms with Gasteiger partial charge in [0, 0.05) is 43.5 Å². The van der Waals surface area contributed by atoms with E-state index < -0.39 is 0 Å². The van der Waals surface area contributed by atoms with Crippen LogP contribution in [0, 0.1) is 11.7 Å². The molecule has 1 aromatic carbocycles. The lowest BCUT2D eigenvalue weighted by Crippen LogP contribution is -2.41. The molecule has 1 saturated heterocycles. The number of hydrogen-bond donors (Lipinski definition) is 1. The van der Waals surface area contributed by atoms with Gasteiger partial charge in [0.25, 0.3) is 5.91 Å². The molecular weight excluding hydrogens is 383 g/mol. The van der Waals surface area contributed by atoms with E-state index in [-0.39, 0.29) is 17.8 Å². The second-order valence-electron chi connectivity index (χ2n) is 8.70. The van der Waals surface area contributed by atoms with E-state index in [9.17, 15) is 9.18 Å². The van der Waals surface area contributed by atoms with Crippen LogP contribution in [-0.4, -0.2) is 52.9 Å². The molecule has 2 aliphatic rings. The Morgan fingerprint density at radius 3 is 2.70 bits per heavy atom. The molecule has 1 amide bonds. The molecule has 6 nitrogen and oxygen atoms in total. The highest BCUT2D eigenvalue weighted by Crippen LogP contribution is 2.27. The number of nitrogens with zero attached hydrogens (tertiary/aromatic N) is 3. The van der Waals surface area contributed by atoms with Crippen molar-refractivity contribution >= 4 is 5.91 Å². The van der Waals surface area contributed by atoms with E-state index in [2.05, 4.69) is 23.8 Å². The van der Waals surface area contributed by atoms with Gasteiger partial charge in [-0.15, -0.1) is 0 Å². The van der Waals surface area contributed by atoms with Gasteiger partial charge in [-0.2, -0.15) is 5.10 Å². The molecule has 1 atom stereocenters. The number of halogens is 1. The summed E-state index contributed by atoms with van der Waals surface area (Å²) in [6, 6.07) is 6.88. The smallest absolute Gasteiger partial charge is 0.274 e. The van der Waals surface area contributed by atoms with Crippen LogP contribution in [0.1, 0.15) is 47.6 Å². The van der Waals surface area contributed by atoms with Gasteiger partial charge in [-0.1, -0.05) is 26.0 Å². The Hall–Kier alpha value is -2.25. The first kappa shape index (κ1) is 21.0. The van der Waals surface area contributed by atoms with Crippen LogP contribution in [0.3, 0.4) is 0 Å². The van der Waals surface area contributed by atoms with Gasteiger partial charge in [-0.25, -0.2) is 4.39 Å². The SMILES string of the molecule is CC(C)Cn1nc(C(=O)N2CCOCC2)c2c1CCC(NCc1ccc(F)cc1)C2. The standard InChI is InChI=1S/C23H31FN4O2/c1-16(2)15-28-21-8-7-19(25-14-17-3-5-18(24)6-4-17)13-20(21)22(26-28)23(29)27-9-11-30-12-10-27/h3-6,16,19,25H,7-15H2,1-2H3. The van der Waals surface area contributed by atoms with E-state index in [1.165, 1.54) is 17.8 Å². The molecular formula is C23H31FN4O2. The van der Waals surface area contributed by atoms with Crippen molar-refractivity contribution in [3.63, 3.8) is 0 Å². The fraction of sp³-hybridized carbons (Fsp3) is 0.565. The third-order valence-electron chi connectivity index (χ3n) is 5.89.